The molecule has 0 unspecified atom stereocenters. The van der Waals surface area contributed by atoms with Gasteiger partial charge in [-0.1, -0.05) is 0 Å². The van der Waals surface area contributed by atoms with Crippen LogP contribution in [0.4, 0.5) is 10.3 Å². The number of nitrogens with two attached hydrogens (primary N) is 1. The van der Waals surface area contributed by atoms with Crippen LogP contribution in [-0.4, -0.2) is 29.1 Å². The molecule has 1 heterocycles. The molecule has 0 spiro atoms. The standard InChI is InChI=1S/C10H17FN4/c1-8(2)15(5-3-4-12)10-13-6-9(11)7-14-10/h6-8H,3-5,12H2,1-2H3. The Balaban J connectivity index is 2.74. The van der Waals surface area contributed by atoms with Gasteiger partial charge in [-0.05, 0) is 26.8 Å². The smallest absolute Gasteiger partial charge is 0.225 e. The maximum Gasteiger partial charge on any atom is 0.225 e. The molecule has 0 aromatic carbocycles. The highest BCUT2D eigenvalue weighted by Gasteiger charge is 2.12. The third kappa shape index (κ3) is 3.43. The Morgan fingerprint density at radius 2 is 2.00 bits per heavy atom. The summed E-state index contributed by atoms with van der Waals surface area (Å²) < 4.78 is 12.6. The van der Waals surface area contributed by atoms with Crippen molar-refractivity contribution in [2.24, 2.45) is 5.73 Å². The molecule has 0 fully saturated rings. The highest BCUT2D eigenvalue weighted by Crippen LogP contribution is 2.10. The fourth-order valence-electron chi connectivity index (χ4n) is 1.30. The van der Waals surface area contributed by atoms with E-state index in [1.54, 1.807) is 0 Å². The van der Waals surface area contributed by atoms with E-state index in [2.05, 4.69) is 9.97 Å². The number of rotatable bonds is 5. The van der Waals surface area contributed by atoms with Gasteiger partial charge >= 0.3 is 0 Å². The van der Waals surface area contributed by atoms with E-state index in [0.717, 1.165) is 13.0 Å². The Bertz CT molecular complexity index is 286. The van der Waals surface area contributed by atoms with E-state index in [4.69, 9.17) is 5.73 Å². The van der Waals surface area contributed by atoms with Crippen molar-refractivity contribution < 1.29 is 4.39 Å². The molecule has 15 heavy (non-hydrogen) atoms. The Hall–Kier alpha value is -1.23. The van der Waals surface area contributed by atoms with Crippen molar-refractivity contribution >= 4 is 5.95 Å². The largest absolute Gasteiger partial charge is 0.338 e. The molecule has 0 saturated carbocycles. The fraction of sp³-hybridized carbons (Fsp3) is 0.600. The number of nitrogens with zero attached hydrogens (tertiary/aromatic N) is 3. The van der Waals surface area contributed by atoms with Gasteiger partial charge in [0.25, 0.3) is 0 Å². The Labute approximate surface area is 89.3 Å². The van der Waals surface area contributed by atoms with Crippen LogP contribution in [0.2, 0.25) is 0 Å². The molecule has 84 valence electrons. The van der Waals surface area contributed by atoms with Gasteiger partial charge in [-0.25, -0.2) is 14.4 Å². The predicted molar refractivity (Wildman–Crippen MR) is 58.1 cm³/mol. The minimum Gasteiger partial charge on any atom is -0.338 e. The van der Waals surface area contributed by atoms with Crippen LogP contribution in [0.25, 0.3) is 0 Å². The Morgan fingerprint density at radius 1 is 1.40 bits per heavy atom. The van der Waals surface area contributed by atoms with E-state index >= 15 is 0 Å². The number of aromatic nitrogens is 2. The predicted octanol–water partition coefficient (Wildman–Crippen LogP) is 1.18. The first-order valence-electron chi connectivity index (χ1n) is 5.09. The quantitative estimate of drug-likeness (QED) is 0.796. The van der Waals surface area contributed by atoms with Crippen LogP contribution in [0.5, 0.6) is 0 Å². The normalized spacial score (nSPS) is 10.7. The molecule has 0 atom stereocenters. The van der Waals surface area contributed by atoms with Gasteiger partial charge in [-0.2, -0.15) is 0 Å². The second kappa shape index (κ2) is 5.60. The number of hydrogen-bond acceptors (Lipinski definition) is 4. The van der Waals surface area contributed by atoms with Crippen molar-refractivity contribution in [2.45, 2.75) is 26.3 Å². The molecular formula is C10H17FN4. The topological polar surface area (TPSA) is 55.0 Å². The minimum absolute atomic E-state index is 0.280. The molecule has 0 saturated heterocycles. The van der Waals surface area contributed by atoms with Gasteiger partial charge in [0.15, 0.2) is 5.82 Å². The molecule has 5 heteroatoms. The molecule has 1 aromatic heterocycles. The molecule has 0 aliphatic carbocycles. The highest BCUT2D eigenvalue weighted by atomic mass is 19.1. The molecule has 1 rings (SSSR count). The van der Waals surface area contributed by atoms with Crippen molar-refractivity contribution in [1.82, 2.24) is 9.97 Å². The maximum atomic E-state index is 12.6. The van der Waals surface area contributed by atoms with Gasteiger partial charge in [-0.3, -0.25) is 0 Å². The van der Waals surface area contributed by atoms with Crippen molar-refractivity contribution in [3.8, 4) is 0 Å². The maximum absolute atomic E-state index is 12.6. The summed E-state index contributed by atoms with van der Waals surface area (Å²) in [5, 5.41) is 0. The van der Waals surface area contributed by atoms with E-state index in [1.165, 1.54) is 12.4 Å². The van der Waals surface area contributed by atoms with Crippen LogP contribution in [-0.2, 0) is 0 Å². The van der Waals surface area contributed by atoms with Crippen LogP contribution >= 0.6 is 0 Å². The van der Waals surface area contributed by atoms with E-state index < -0.39 is 5.82 Å². The third-order valence-corrected chi connectivity index (χ3v) is 2.09. The summed E-state index contributed by atoms with van der Waals surface area (Å²) in [4.78, 5) is 9.91. The number of halogens is 1. The van der Waals surface area contributed by atoms with Crippen molar-refractivity contribution in [3.05, 3.63) is 18.2 Å². The lowest BCUT2D eigenvalue weighted by Gasteiger charge is -2.26. The van der Waals surface area contributed by atoms with E-state index in [1.807, 2.05) is 18.7 Å². The lowest BCUT2D eigenvalue weighted by Crippen LogP contribution is -2.34. The molecule has 0 bridgehead atoms. The van der Waals surface area contributed by atoms with Gasteiger partial charge in [0.1, 0.15) is 0 Å². The van der Waals surface area contributed by atoms with Crippen LogP contribution in [0, 0.1) is 5.82 Å². The summed E-state index contributed by atoms with van der Waals surface area (Å²) in [6.45, 7) is 5.51. The van der Waals surface area contributed by atoms with Gasteiger partial charge in [0.2, 0.25) is 5.95 Å². The second-order valence-corrected chi connectivity index (χ2v) is 3.63. The first-order chi connectivity index (χ1) is 7.15. The average Bonchev–Trinajstić information content (AvgIpc) is 2.21. The summed E-state index contributed by atoms with van der Waals surface area (Å²) in [6.07, 6.45) is 3.24. The third-order valence-electron chi connectivity index (χ3n) is 2.09. The minimum atomic E-state index is -0.415. The molecule has 0 aliphatic heterocycles. The van der Waals surface area contributed by atoms with Crippen LogP contribution in [0.1, 0.15) is 20.3 Å². The number of anilines is 1. The van der Waals surface area contributed by atoms with Gasteiger partial charge in [-0.15, -0.1) is 0 Å². The van der Waals surface area contributed by atoms with Gasteiger partial charge < -0.3 is 10.6 Å². The van der Waals surface area contributed by atoms with Crippen LogP contribution in [0.3, 0.4) is 0 Å². The van der Waals surface area contributed by atoms with E-state index in [9.17, 15) is 4.39 Å². The number of hydrogen-bond donors (Lipinski definition) is 1. The summed E-state index contributed by atoms with van der Waals surface area (Å²) in [7, 11) is 0. The zero-order chi connectivity index (χ0) is 11.3. The first kappa shape index (κ1) is 11.8. The second-order valence-electron chi connectivity index (χ2n) is 3.63. The fourth-order valence-corrected chi connectivity index (χ4v) is 1.30. The summed E-state index contributed by atoms with van der Waals surface area (Å²) >= 11 is 0. The zero-order valence-corrected chi connectivity index (χ0v) is 9.15. The Morgan fingerprint density at radius 3 is 2.47 bits per heavy atom. The summed E-state index contributed by atoms with van der Waals surface area (Å²) in [6, 6.07) is 0.280. The van der Waals surface area contributed by atoms with E-state index in [0.29, 0.717) is 12.5 Å². The monoisotopic (exact) mass is 212 g/mol. The van der Waals surface area contributed by atoms with Gasteiger partial charge in [0.05, 0.1) is 12.4 Å². The SMILES string of the molecule is CC(C)N(CCCN)c1ncc(F)cn1. The first-order valence-corrected chi connectivity index (χ1v) is 5.09. The van der Waals surface area contributed by atoms with Crippen molar-refractivity contribution in [2.75, 3.05) is 18.0 Å². The lowest BCUT2D eigenvalue weighted by molar-refractivity contribution is 0.600. The lowest BCUT2D eigenvalue weighted by atomic mass is 10.3. The van der Waals surface area contributed by atoms with Crippen molar-refractivity contribution in [1.29, 1.82) is 0 Å². The van der Waals surface area contributed by atoms with Gasteiger partial charge in [0, 0.05) is 12.6 Å². The molecule has 1 aromatic rings. The average molecular weight is 212 g/mol. The molecule has 4 nitrogen and oxygen atoms in total. The summed E-state index contributed by atoms with van der Waals surface area (Å²) in [5.41, 5.74) is 5.45. The molecule has 0 radical (unpaired) electrons. The molecule has 0 amide bonds. The molecular weight excluding hydrogens is 195 g/mol. The van der Waals surface area contributed by atoms with Crippen molar-refractivity contribution in [3.63, 3.8) is 0 Å². The highest BCUT2D eigenvalue weighted by molar-refractivity contribution is 5.29. The van der Waals surface area contributed by atoms with Crippen LogP contribution < -0.4 is 10.6 Å². The zero-order valence-electron chi connectivity index (χ0n) is 9.15. The van der Waals surface area contributed by atoms with Crippen LogP contribution in [0.15, 0.2) is 12.4 Å². The molecule has 0 aliphatic rings. The van der Waals surface area contributed by atoms with E-state index in [-0.39, 0.29) is 6.04 Å². The Kier molecular flexibility index (Phi) is 4.42. The summed E-state index contributed by atoms with van der Waals surface area (Å²) in [5.74, 6) is 0.140. The molecule has 2 N–H and O–H groups in total.